The third kappa shape index (κ3) is 3.82. The molecule has 7 heteroatoms. The molecule has 1 saturated heterocycles. The number of ether oxygens (including phenoxy) is 1. The molecule has 1 saturated carbocycles. The molecule has 2 aliphatic rings. The number of amides is 2. The van der Waals surface area contributed by atoms with E-state index in [1.807, 2.05) is 37.3 Å². The molecule has 4 rings (SSSR count). The molecule has 1 aromatic heterocycles. The first-order valence-corrected chi connectivity index (χ1v) is 9.35. The molecule has 27 heavy (non-hydrogen) atoms. The molecule has 0 radical (unpaired) electrons. The zero-order valence-corrected chi connectivity index (χ0v) is 15.6. The smallest absolute Gasteiger partial charge is 0.272 e. The Hall–Kier alpha value is -2.83. The number of nitrogens with zero attached hydrogens (tertiary/aromatic N) is 3. The van der Waals surface area contributed by atoms with Crippen LogP contribution in [0.2, 0.25) is 0 Å². The molecule has 2 amide bonds. The summed E-state index contributed by atoms with van der Waals surface area (Å²) < 4.78 is 7.60. The van der Waals surface area contributed by atoms with Crippen LogP contribution < -0.4 is 10.1 Å². The molecule has 2 fully saturated rings. The van der Waals surface area contributed by atoms with Gasteiger partial charge in [0, 0.05) is 19.5 Å². The first kappa shape index (κ1) is 17.6. The zero-order chi connectivity index (χ0) is 19.0. The summed E-state index contributed by atoms with van der Waals surface area (Å²) in [6.07, 6.45) is 2.28. The number of rotatable bonds is 5. The fourth-order valence-electron chi connectivity index (χ4n) is 3.53. The van der Waals surface area contributed by atoms with E-state index in [-0.39, 0.29) is 24.0 Å². The van der Waals surface area contributed by atoms with E-state index in [0.717, 1.165) is 24.3 Å². The maximum Gasteiger partial charge on any atom is 0.272 e. The van der Waals surface area contributed by atoms with Crippen molar-refractivity contribution in [2.75, 3.05) is 6.54 Å². The Bertz CT molecular complexity index is 844. The van der Waals surface area contributed by atoms with Gasteiger partial charge in [-0.2, -0.15) is 5.10 Å². The lowest BCUT2D eigenvalue weighted by Crippen LogP contribution is -2.47. The number of aromatic nitrogens is 2. The average Bonchev–Trinajstić information content (AvgIpc) is 3.25. The number of aryl methyl sites for hydroxylation is 2. The zero-order valence-electron chi connectivity index (χ0n) is 15.6. The molecule has 0 spiro atoms. The summed E-state index contributed by atoms with van der Waals surface area (Å²) >= 11 is 0. The molecule has 2 heterocycles. The van der Waals surface area contributed by atoms with Crippen molar-refractivity contribution >= 4 is 11.8 Å². The third-order valence-electron chi connectivity index (χ3n) is 5.02. The van der Waals surface area contributed by atoms with Gasteiger partial charge in [0.15, 0.2) is 0 Å². The van der Waals surface area contributed by atoms with E-state index in [2.05, 4.69) is 10.4 Å². The molecule has 0 unspecified atom stereocenters. The van der Waals surface area contributed by atoms with Crippen molar-refractivity contribution in [3.63, 3.8) is 0 Å². The van der Waals surface area contributed by atoms with Crippen LogP contribution in [0, 0.1) is 6.92 Å². The van der Waals surface area contributed by atoms with Gasteiger partial charge < -0.3 is 15.0 Å². The predicted molar refractivity (Wildman–Crippen MR) is 99.4 cm³/mol. The number of para-hydroxylation sites is 1. The largest absolute Gasteiger partial charge is 0.488 e. The minimum atomic E-state index is -0.526. The number of likely N-dealkylation sites (tertiary alicyclic amines) is 1. The lowest BCUT2D eigenvalue weighted by atomic mass is 10.1. The van der Waals surface area contributed by atoms with Gasteiger partial charge in [0.05, 0.1) is 12.2 Å². The normalized spacial score (nSPS) is 21.9. The van der Waals surface area contributed by atoms with Gasteiger partial charge in [-0.15, -0.1) is 0 Å². The Labute approximate surface area is 158 Å². The highest BCUT2D eigenvalue weighted by molar-refractivity contribution is 5.97. The third-order valence-corrected chi connectivity index (χ3v) is 5.02. The number of carbonyl (C=O) groups is 2. The number of nitrogens with one attached hydrogen (secondary N) is 1. The quantitative estimate of drug-likeness (QED) is 0.871. The molecular formula is C20H24N4O3. The summed E-state index contributed by atoms with van der Waals surface area (Å²) in [5.41, 5.74) is 1.26. The number of hydrogen-bond acceptors (Lipinski definition) is 4. The van der Waals surface area contributed by atoms with Crippen LogP contribution in [0.5, 0.6) is 5.75 Å². The maximum atomic E-state index is 13.1. The Morgan fingerprint density at radius 1 is 1.22 bits per heavy atom. The first-order valence-electron chi connectivity index (χ1n) is 9.35. The molecule has 1 N–H and O–H groups in total. The van der Waals surface area contributed by atoms with E-state index in [0.29, 0.717) is 18.7 Å². The minimum absolute atomic E-state index is 0.0936. The Morgan fingerprint density at radius 2 is 1.96 bits per heavy atom. The molecule has 1 aliphatic heterocycles. The van der Waals surface area contributed by atoms with Crippen molar-refractivity contribution in [3.05, 3.63) is 47.8 Å². The van der Waals surface area contributed by atoms with Crippen LogP contribution in [-0.4, -0.2) is 51.2 Å². The lowest BCUT2D eigenvalue weighted by molar-refractivity contribution is -0.125. The van der Waals surface area contributed by atoms with Gasteiger partial charge in [-0.3, -0.25) is 14.3 Å². The first-order chi connectivity index (χ1) is 13.0. The van der Waals surface area contributed by atoms with Crippen LogP contribution in [0.1, 0.15) is 35.4 Å². The second-order valence-corrected chi connectivity index (χ2v) is 7.34. The highest BCUT2D eigenvalue weighted by atomic mass is 16.5. The van der Waals surface area contributed by atoms with Crippen LogP contribution in [0.4, 0.5) is 0 Å². The second-order valence-electron chi connectivity index (χ2n) is 7.34. The van der Waals surface area contributed by atoms with Crippen molar-refractivity contribution in [1.82, 2.24) is 20.0 Å². The summed E-state index contributed by atoms with van der Waals surface area (Å²) in [5, 5.41) is 7.28. The molecule has 1 aliphatic carbocycles. The summed E-state index contributed by atoms with van der Waals surface area (Å²) in [4.78, 5) is 27.5. The molecule has 7 nitrogen and oxygen atoms in total. The maximum absolute atomic E-state index is 13.1. The Kier molecular flexibility index (Phi) is 4.59. The fraction of sp³-hybridized carbons (Fsp3) is 0.450. The van der Waals surface area contributed by atoms with Gasteiger partial charge in [-0.1, -0.05) is 18.2 Å². The summed E-state index contributed by atoms with van der Waals surface area (Å²) in [7, 11) is 1.74. The average molecular weight is 368 g/mol. The Morgan fingerprint density at radius 3 is 2.59 bits per heavy atom. The standard InChI is InChI=1S/C20H24N4O3/c1-13-10-18(23(2)22-13)20(26)24-12-16(27-15-6-4-3-5-7-15)11-17(24)19(25)21-14-8-9-14/h3-7,10,14,16-17H,8-9,11-12H2,1-2H3,(H,21,25)/t16-,17-/m0/s1. The minimum Gasteiger partial charge on any atom is -0.488 e. The van der Waals surface area contributed by atoms with Gasteiger partial charge >= 0.3 is 0 Å². The topological polar surface area (TPSA) is 76.5 Å². The second kappa shape index (κ2) is 7.06. The predicted octanol–water partition coefficient (Wildman–Crippen LogP) is 1.67. The summed E-state index contributed by atoms with van der Waals surface area (Å²) in [6.45, 7) is 2.22. The highest BCUT2D eigenvalue weighted by Gasteiger charge is 2.43. The van der Waals surface area contributed by atoms with Crippen molar-refractivity contribution in [3.8, 4) is 5.75 Å². The van der Waals surface area contributed by atoms with Gasteiger partial charge in [0.25, 0.3) is 5.91 Å². The van der Waals surface area contributed by atoms with Crippen LogP contribution in [0.15, 0.2) is 36.4 Å². The molecule has 1 aromatic carbocycles. The van der Waals surface area contributed by atoms with Crippen molar-refractivity contribution < 1.29 is 14.3 Å². The van der Waals surface area contributed by atoms with Gasteiger partial charge in [-0.25, -0.2) is 0 Å². The van der Waals surface area contributed by atoms with Crippen LogP contribution in [0.25, 0.3) is 0 Å². The molecule has 142 valence electrons. The van der Waals surface area contributed by atoms with E-state index in [1.165, 1.54) is 0 Å². The summed E-state index contributed by atoms with van der Waals surface area (Å²) in [5.74, 6) is 0.464. The van der Waals surface area contributed by atoms with Crippen molar-refractivity contribution in [2.45, 2.75) is 44.4 Å². The van der Waals surface area contributed by atoms with Gasteiger partial charge in [0.1, 0.15) is 23.6 Å². The lowest BCUT2D eigenvalue weighted by Gasteiger charge is -2.23. The molecule has 2 aromatic rings. The summed E-state index contributed by atoms with van der Waals surface area (Å²) in [6, 6.07) is 11.0. The van der Waals surface area contributed by atoms with E-state index in [4.69, 9.17) is 4.74 Å². The number of hydrogen-bond donors (Lipinski definition) is 1. The van der Waals surface area contributed by atoms with Crippen LogP contribution >= 0.6 is 0 Å². The number of benzene rings is 1. The Balaban J connectivity index is 1.54. The van der Waals surface area contributed by atoms with Crippen molar-refractivity contribution in [1.29, 1.82) is 0 Å². The SMILES string of the molecule is Cc1cc(C(=O)N2C[C@@H](Oc3ccccc3)C[C@H]2C(=O)NC2CC2)n(C)n1. The monoisotopic (exact) mass is 368 g/mol. The van der Waals surface area contributed by atoms with Crippen LogP contribution in [0.3, 0.4) is 0 Å². The van der Waals surface area contributed by atoms with Crippen molar-refractivity contribution in [2.24, 2.45) is 7.05 Å². The van der Waals surface area contributed by atoms with E-state index < -0.39 is 6.04 Å². The van der Waals surface area contributed by atoms with Gasteiger partial charge in [0.2, 0.25) is 5.91 Å². The van der Waals surface area contributed by atoms with E-state index in [9.17, 15) is 9.59 Å². The van der Waals surface area contributed by atoms with E-state index >= 15 is 0 Å². The molecule has 0 bridgehead atoms. The molecular weight excluding hydrogens is 344 g/mol. The highest BCUT2D eigenvalue weighted by Crippen LogP contribution is 2.27. The molecule has 2 atom stereocenters. The fourth-order valence-corrected chi connectivity index (χ4v) is 3.53. The van der Waals surface area contributed by atoms with Crippen LogP contribution in [-0.2, 0) is 11.8 Å². The van der Waals surface area contributed by atoms with E-state index in [1.54, 1.807) is 22.7 Å². The number of carbonyl (C=O) groups excluding carboxylic acids is 2. The van der Waals surface area contributed by atoms with Gasteiger partial charge in [-0.05, 0) is 38.0 Å².